The van der Waals surface area contributed by atoms with Crippen molar-refractivity contribution in [1.29, 1.82) is 0 Å². The Bertz CT molecular complexity index is 390. The maximum Gasteiger partial charge on any atom is 0.275 e. The number of benzene rings is 1. The fourth-order valence-electron chi connectivity index (χ4n) is 0.909. The van der Waals surface area contributed by atoms with Crippen LogP contribution in [0.1, 0.15) is 0 Å². The van der Waals surface area contributed by atoms with E-state index in [9.17, 15) is 14.9 Å². The SMILES string of the molecule is COc1cc(N=C=O)cc([N+](=O)[O-])c1. The molecule has 6 heteroatoms. The van der Waals surface area contributed by atoms with Gasteiger partial charge >= 0.3 is 0 Å². The summed E-state index contributed by atoms with van der Waals surface area (Å²) >= 11 is 0. The first-order valence-electron chi connectivity index (χ1n) is 3.58. The molecule has 0 heterocycles. The maximum absolute atomic E-state index is 10.4. The summed E-state index contributed by atoms with van der Waals surface area (Å²) in [4.78, 5) is 23.1. The molecule has 0 amide bonds. The van der Waals surface area contributed by atoms with Crippen molar-refractivity contribution in [1.82, 2.24) is 0 Å². The Kier molecular flexibility index (Phi) is 2.93. The van der Waals surface area contributed by atoms with Crippen molar-refractivity contribution in [3.8, 4) is 5.75 Å². The van der Waals surface area contributed by atoms with E-state index in [1.807, 2.05) is 0 Å². The number of carbonyl (C=O) groups excluding carboxylic acids is 1. The lowest BCUT2D eigenvalue weighted by Gasteiger charge is -1.99. The van der Waals surface area contributed by atoms with Crippen LogP contribution < -0.4 is 4.74 Å². The van der Waals surface area contributed by atoms with Crippen molar-refractivity contribution < 1.29 is 14.5 Å². The quantitative estimate of drug-likeness (QED) is 0.316. The summed E-state index contributed by atoms with van der Waals surface area (Å²) in [5.74, 6) is 0.271. The number of ether oxygens (including phenoxy) is 1. The lowest BCUT2D eigenvalue weighted by Crippen LogP contribution is -1.89. The van der Waals surface area contributed by atoms with Crippen LogP contribution in [0, 0.1) is 10.1 Å². The van der Waals surface area contributed by atoms with Crippen molar-refractivity contribution in [2.24, 2.45) is 4.99 Å². The standard InChI is InChI=1S/C8H6N2O4/c1-14-8-3-6(9-5-11)2-7(4-8)10(12)13/h2-4H,1H3. The molecular formula is C8H6N2O4. The third kappa shape index (κ3) is 2.15. The Morgan fingerprint density at radius 3 is 2.71 bits per heavy atom. The fraction of sp³-hybridized carbons (Fsp3) is 0.125. The van der Waals surface area contributed by atoms with Crippen LogP contribution in [0.15, 0.2) is 23.2 Å². The average molecular weight is 194 g/mol. The number of hydrogen-bond donors (Lipinski definition) is 0. The summed E-state index contributed by atoms with van der Waals surface area (Å²) in [5, 5.41) is 10.4. The van der Waals surface area contributed by atoms with Gasteiger partial charge in [-0.15, -0.1) is 0 Å². The van der Waals surface area contributed by atoms with Crippen molar-refractivity contribution >= 4 is 17.5 Å². The molecule has 0 bridgehead atoms. The molecule has 0 fully saturated rings. The zero-order valence-corrected chi connectivity index (χ0v) is 7.26. The van der Waals surface area contributed by atoms with Crippen LogP contribution in [0.2, 0.25) is 0 Å². The molecule has 0 aliphatic carbocycles. The second-order valence-corrected chi connectivity index (χ2v) is 2.35. The molecule has 1 aromatic carbocycles. The van der Waals surface area contributed by atoms with E-state index < -0.39 is 4.92 Å². The summed E-state index contributed by atoms with van der Waals surface area (Å²) in [5.41, 5.74) is -0.0376. The third-order valence-electron chi connectivity index (χ3n) is 1.50. The van der Waals surface area contributed by atoms with Gasteiger partial charge in [-0.3, -0.25) is 10.1 Å². The third-order valence-corrected chi connectivity index (χ3v) is 1.50. The Labute approximate surface area is 79.0 Å². The van der Waals surface area contributed by atoms with Gasteiger partial charge in [0.15, 0.2) is 0 Å². The van der Waals surface area contributed by atoms with E-state index >= 15 is 0 Å². The Balaban J connectivity index is 3.26. The first-order chi connectivity index (χ1) is 6.67. The van der Waals surface area contributed by atoms with Crippen LogP contribution in [0.4, 0.5) is 11.4 Å². The molecular weight excluding hydrogens is 188 g/mol. The second-order valence-electron chi connectivity index (χ2n) is 2.35. The molecule has 1 rings (SSSR count). The summed E-state index contributed by atoms with van der Waals surface area (Å²) in [6, 6.07) is 3.80. The summed E-state index contributed by atoms with van der Waals surface area (Å²) in [7, 11) is 1.37. The van der Waals surface area contributed by atoms with Gasteiger partial charge in [-0.25, -0.2) is 4.79 Å². The van der Waals surface area contributed by atoms with Gasteiger partial charge in [-0.2, -0.15) is 4.99 Å². The number of rotatable bonds is 3. The molecule has 0 unspecified atom stereocenters. The minimum atomic E-state index is -0.591. The largest absolute Gasteiger partial charge is 0.496 e. The number of isocyanates is 1. The monoisotopic (exact) mass is 194 g/mol. The minimum Gasteiger partial charge on any atom is -0.496 e. The van der Waals surface area contributed by atoms with Crippen LogP contribution in [0.25, 0.3) is 0 Å². The lowest BCUT2D eigenvalue weighted by atomic mass is 10.2. The number of non-ortho nitro benzene ring substituents is 1. The van der Waals surface area contributed by atoms with E-state index in [2.05, 4.69) is 4.99 Å². The predicted molar refractivity (Wildman–Crippen MR) is 47.4 cm³/mol. The van der Waals surface area contributed by atoms with Crippen LogP contribution in [0.5, 0.6) is 5.75 Å². The van der Waals surface area contributed by atoms with Gasteiger partial charge in [-0.05, 0) is 0 Å². The van der Waals surface area contributed by atoms with E-state index in [1.165, 1.54) is 25.3 Å². The number of nitro benzene ring substituents is 1. The predicted octanol–water partition coefficient (Wildman–Crippen LogP) is 1.57. The maximum atomic E-state index is 10.4. The Morgan fingerprint density at radius 2 is 2.21 bits per heavy atom. The first kappa shape index (κ1) is 9.88. The van der Waals surface area contributed by atoms with Gasteiger partial charge in [0.05, 0.1) is 23.8 Å². The van der Waals surface area contributed by atoms with E-state index in [4.69, 9.17) is 4.74 Å². The van der Waals surface area contributed by atoms with Gasteiger partial charge in [0.25, 0.3) is 5.69 Å². The lowest BCUT2D eigenvalue weighted by molar-refractivity contribution is -0.384. The van der Waals surface area contributed by atoms with Crippen LogP contribution in [-0.4, -0.2) is 18.1 Å². The van der Waals surface area contributed by atoms with Crippen molar-refractivity contribution in [2.45, 2.75) is 0 Å². The zero-order valence-electron chi connectivity index (χ0n) is 7.26. The summed E-state index contributed by atoms with van der Waals surface area (Å²) in [6.45, 7) is 0. The number of nitro groups is 1. The smallest absolute Gasteiger partial charge is 0.275 e. The first-order valence-corrected chi connectivity index (χ1v) is 3.58. The molecule has 0 N–H and O–H groups in total. The van der Waals surface area contributed by atoms with E-state index in [0.717, 1.165) is 6.07 Å². The number of methoxy groups -OCH3 is 1. The van der Waals surface area contributed by atoms with Crippen molar-refractivity contribution in [3.05, 3.63) is 28.3 Å². The molecule has 14 heavy (non-hydrogen) atoms. The molecule has 0 aromatic heterocycles. The molecule has 0 aliphatic rings. The molecule has 0 atom stereocenters. The number of aliphatic imine (C=N–C) groups is 1. The molecule has 0 aliphatic heterocycles. The highest BCUT2D eigenvalue weighted by molar-refractivity contribution is 5.57. The number of hydrogen-bond acceptors (Lipinski definition) is 5. The van der Waals surface area contributed by atoms with Gasteiger partial charge in [0.2, 0.25) is 6.08 Å². The molecule has 6 nitrogen and oxygen atoms in total. The molecule has 1 aromatic rings. The highest BCUT2D eigenvalue weighted by Gasteiger charge is 2.09. The van der Waals surface area contributed by atoms with Gasteiger partial charge in [0, 0.05) is 12.1 Å². The summed E-state index contributed by atoms with van der Waals surface area (Å²) < 4.78 is 4.80. The molecule has 0 saturated carbocycles. The number of nitrogens with zero attached hydrogens (tertiary/aromatic N) is 2. The molecule has 72 valence electrons. The van der Waals surface area contributed by atoms with Crippen LogP contribution >= 0.6 is 0 Å². The minimum absolute atomic E-state index is 0.144. The molecule has 0 saturated heterocycles. The van der Waals surface area contributed by atoms with Crippen molar-refractivity contribution in [2.75, 3.05) is 7.11 Å². The Morgan fingerprint density at radius 1 is 1.50 bits per heavy atom. The zero-order chi connectivity index (χ0) is 10.6. The average Bonchev–Trinajstić information content (AvgIpc) is 2.17. The topological polar surface area (TPSA) is 81.8 Å². The Hall–Kier alpha value is -2.20. The van der Waals surface area contributed by atoms with E-state index in [1.54, 1.807) is 0 Å². The van der Waals surface area contributed by atoms with Crippen molar-refractivity contribution in [3.63, 3.8) is 0 Å². The second kappa shape index (κ2) is 4.15. The van der Waals surface area contributed by atoms with Gasteiger partial charge < -0.3 is 4.74 Å². The van der Waals surface area contributed by atoms with Crippen LogP contribution in [0.3, 0.4) is 0 Å². The fourth-order valence-corrected chi connectivity index (χ4v) is 0.909. The van der Waals surface area contributed by atoms with Gasteiger partial charge in [-0.1, -0.05) is 0 Å². The van der Waals surface area contributed by atoms with Crippen LogP contribution in [-0.2, 0) is 4.79 Å². The summed E-state index contributed by atoms with van der Waals surface area (Å²) in [6.07, 6.45) is 1.30. The van der Waals surface area contributed by atoms with E-state index in [0.29, 0.717) is 0 Å². The molecule has 0 spiro atoms. The van der Waals surface area contributed by atoms with E-state index in [-0.39, 0.29) is 17.1 Å². The van der Waals surface area contributed by atoms with Gasteiger partial charge in [0.1, 0.15) is 5.75 Å². The molecule has 0 radical (unpaired) electrons. The highest BCUT2D eigenvalue weighted by atomic mass is 16.6. The normalized spacial score (nSPS) is 8.93. The highest BCUT2D eigenvalue weighted by Crippen LogP contribution is 2.27.